The number of aliphatic hydroxyl groups is 3. The van der Waals surface area contributed by atoms with Crippen LogP contribution in [0.15, 0.2) is 79.0 Å². The molecular formula is C63H74N8O17S. The van der Waals surface area contributed by atoms with Gasteiger partial charge in [-0.3, -0.25) is 24.4 Å². The Labute approximate surface area is 516 Å². The van der Waals surface area contributed by atoms with Crippen LogP contribution in [0.25, 0.3) is 21.3 Å². The summed E-state index contributed by atoms with van der Waals surface area (Å²) in [7, 11) is 0. The molecule has 3 aromatic heterocycles. The van der Waals surface area contributed by atoms with E-state index in [2.05, 4.69) is 29.5 Å². The van der Waals surface area contributed by atoms with Crippen molar-refractivity contribution >= 4 is 62.3 Å². The number of rotatable bonds is 26. The fraction of sp³-hybridized carbons (Fsp3) is 0.492. The predicted octanol–water partition coefficient (Wildman–Crippen LogP) is 5.31. The van der Waals surface area contributed by atoms with E-state index in [9.17, 15) is 54.6 Å². The number of hydrogen-bond donors (Lipinski definition) is 9. The number of carboxylic acid groups (broad SMARTS) is 3. The van der Waals surface area contributed by atoms with Gasteiger partial charge in [-0.2, -0.15) is 5.10 Å². The minimum Gasteiger partial charge on any atom is -0.491 e. The molecule has 26 heteroatoms. The molecule has 4 aliphatic carbocycles. The largest absolute Gasteiger partial charge is 0.491 e. The second-order valence-electron chi connectivity index (χ2n) is 25.0. The van der Waals surface area contributed by atoms with Gasteiger partial charge in [0.2, 0.25) is 6.29 Å². The number of nitrogens with two attached hydrogens (primary N) is 1. The second kappa shape index (κ2) is 25.7. The molecule has 3 aromatic carbocycles. The molecule has 1 amide bonds. The Bertz CT molecular complexity index is 3600. The summed E-state index contributed by atoms with van der Waals surface area (Å²) in [6.45, 7) is 8.66. The van der Waals surface area contributed by atoms with Gasteiger partial charge in [-0.1, -0.05) is 49.4 Å². The first-order valence-electron chi connectivity index (χ1n) is 29.7. The SMILES string of the molecule is Cc1c(-c2ccc(N3CCc4cccc(C(=O)Nc5nc6ccccc6s5)c4C3)nc2C(=O)O)cnn1CC12CC3(C)CC(C)(C1)CC(OCCNC(CC(=O)O)C(=O)OCc1ccc(OCCOCCN)cc1O[C@@H]1O[C@H](C(=O)O)C(O)[C@H](O)[C@H]1O)(C3)C2. The van der Waals surface area contributed by atoms with Crippen LogP contribution in [-0.4, -0.2) is 169 Å². The number of amides is 1. The first-order chi connectivity index (χ1) is 42.5. The Morgan fingerprint density at radius 2 is 1.64 bits per heavy atom. The number of para-hydroxylation sites is 1. The van der Waals surface area contributed by atoms with Crippen LogP contribution >= 0.6 is 11.3 Å². The zero-order valence-electron chi connectivity index (χ0n) is 49.6. The molecule has 12 rings (SSSR count). The van der Waals surface area contributed by atoms with Gasteiger partial charge in [0.1, 0.15) is 54.9 Å². The molecule has 4 saturated carbocycles. The number of benzene rings is 3. The molecule has 0 radical (unpaired) electrons. The molecule has 2 aliphatic heterocycles. The summed E-state index contributed by atoms with van der Waals surface area (Å²) in [5, 5.41) is 73.2. The highest BCUT2D eigenvalue weighted by molar-refractivity contribution is 7.22. The zero-order chi connectivity index (χ0) is 63.0. The number of anilines is 2. The molecule has 4 bridgehead atoms. The first-order valence-corrected chi connectivity index (χ1v) is 30.5. The number of aliphatic carboxylic acids is 2. The molecule has 25 nitrogen and oxygen atoms in total. The number of hydrogen-bond acceptors (Lipinski definition) is 21. The molecule has 4 unspecified atom stereocenters. The third kappa shape index (κ3) is 13.6. The number of ether oxygens (including phenoxy) is 6. The van der Waals surface area contributed by atoms with E-state index in [1.54, 1.807) is 18.3 Å². The number of pyridine rings is 1. The number of fused-ring (bicyclic) bond motifs is 2. The van der Waals surface area contributed by atoms with E-state index < -0.39 is 79.3 Å². The van der Waals surface area contributed by atoms with Gasteiger partial charge in [-0.15, -0.1) is 0 Å². The monoisotopic (exact) mass is 1250 g/mol. The van der Waals surface area contributed by atoms with Gasteiger partial charge in [-0.25, -0.2) is 19.6 Å². The smallest absolute Gasteiger partial charge is 0.355 e. The number of aromatic carboxylic acids is 1. The number of nitrogens with zero attached hydrogens (tertiary/aromatic N) is 5. The molecule has 5 heterocycles. The highest BCUT2D eigenvalue weighted by atomic mass is 32.1. The summed E-state index contributed by atoms with van der Waals surface area (Å²) < 4.78 is 37.9. The number of thiazole rings is 1. The van der Waals surface area contributed by atoms with Crippen molar-refractivity contribution in [2.75, 3.05) is 56.3 Å². The van der Waals surface area contributed by atoms with Crippen LogP contribution < -0.4 is 30.7 Å². The Hall–Kier alpha value is -7.66. The van der Waals surface area contributed by atoms with Gasteiger partial charge in [0.25, 0.3) is 5.91 Å². The standard InChI is InChI=1S/C63H74N8O17S/c1-35-41(39-13-14-47(68-49(39)55(78)79)70-18-15-36-7-6-8-40(42(36)26-70)54(77)69-59-67-43-9-4-5-10-46(43)89-59)25-66-71(35)34-62-29-60(2)28-61(3,30-62)32-63(31-60,33-62)86-20-17-65-44(24-48(72)73)57(82)85-27-37-11-12-38(84-22-21-83-19-16-64)23-45(37)87-58-52(76)50(74)51(75)53(88-58)56(80)81/h4-14,23,25,44,50-53,58,65,74-76H,15-22,24,26-34,64H2,1-3H3,(H,72,73)(H,78,79)(H,80,81)(H,67,69,77)/t44?,50-,51?,52+,53-,58+,60?,61?,62?,63?/m0/s1. The topological polar surface area (TPSA) is 359 Å². The van der Waals surface area contributed by atoms with E-state index in [-0.39, 0.29) is 71.3 Å². The molecule has 10 N–H and O–H groups in total. The number of esters is 1. The highest BCUT2D eigenvalue weighted by Crippen LogP contribution is 2.72. The van der Waals surface area contributed by atoms with Crippen LogP contribution in [0.1, 0.15) is 102 Å². The number of aliphatic hydroxyl groups excluding tert-OH is 3. The number of nitrogens with one attached hydrogen (secondary N) is 2. The van der Waals surface area contributed by atoms with Crippen LogP contribution in [-0.2, 0) is 59.4 Å². The maximum Gasteiger partial charge on any atom is 0.355 e. The van der Waals surface area contributed by atoms with Gasteiger partial charge < -0.3 is 75.0 Å². The zero-order valence-corrected chi connectivity index (χ0v) is 50.4. The third-order valence-corrected chi connectivity index (χ3v) is 18.7. The van der Waals surface area contributed by atoms with Gasteiger partial charge in [0, 0.05) is 66.7 Å². The van der Waals surface area contributed by atoms with Crippen LogP contribution in [0.2, 0.25) is 0 Å². The van der Waals surface area contributed by atoms with Crippen LogP contribution in [0.3, 0.4) is 0 Å². The van der Waals surface area contributed by atoms with Crippen molar-refractivity contribution in [3.63, 3.8) is 0 Å². The Balaban J connectivity index is 0.742. The van der Waals surface area contributed by atoms with Crippen LogP contribution in [0.4, 0.5) is 10.9 Å². The van der Waals surface area contributed by atoms with Gasteiger partial charge in [0.05, 0.1) is 48.3 Å². The summed E-state index contributed by atoms with van der Waals surface area (Å²) in [6, 6.07) is 20.0. The van der Waals surface area contributed by atoms with E-state index >= 15 is 0 Å². The van der Waals surface area contributed by atoms with Gasteiger partial charge >= 0.3 is 23.9 Å². The summed E-state index contributed by atoms with van der Waals surface area (Å²) in [5.41, 5.74) is 9.69. The van der Waals surface area contributed by atoms with Crippen molar-refractivity contribution in [1.29, 1.82) is 0 Å². The van der Waals surface area contributed by atoms with Crippen molar-refractivity contribution in [3.05, 3.63) is 113 Å². The van der Waals surface area contributed by atoms with Gasteiger partial charge in [0.15, 0.2) is 16.9 Å². The molecule has 6 aliphatic rings. The molecule has 6 aromatic rings. The van der Waals surface area contributed by atoms with Crippen molar-refractivity contribution in [1.82, 2.24) is 25.1 Å². The average molecular weight is 1250 g/mol. The van der Waals surface area contributed by atoms with Crippen molar-refractivity contribution < 1.29 is 83.0 Å². The Morgan fingerprint density at radius 3 is 2.38 bits per heavy atom. The third-order valence-electron chi connectivity index (χ3n) is 17.8. The second-order valence-corrected chi connectivity index (χ2v) is 26.1. The fourth-order valence-corrected chi connectivity index (χ4v) is 16.0. The lowest BCUT2D eigenvalue weighted by Gasteiger charge is -2.69. The van der Waals surface area contributed by atoms with Crippen molar-refractivity contribution in [2.24, 2.45) is 22.0 Å². The summed E-state index contributed by atoms with van der Waals surface area (Å²) in [4.78, 5) is 76.1. The summed E-state index contributed by atoms with van der Waals surface area (Å²) >= 11 is 1.40. The number of carboxylic acids is 3. The maximum atomic E-state index is 13.8. The Kier molecular flexibility index (Phi) is 18.2. The molecule has 474 valence electrons. The highest BCUT2D eigenvalue weighted by Gasteiger charge is 2.66. The minimum absolute atomic E-state index is 0.0748. The summed E-state index contributed by atoms with van der Waals surface area (Å²) in [6.07, 6.45) is -2.72. The quantitative estimate of drug-likeness (QED) is 0.0245. The minimum atomic E-state index is -1.98. The molecule has 0 spiro atoms. The molecule has 1 saturated heterocycles. The van der Waals surface area contributed by atoms with E-state index in [0.29, 0.717) is 66.8 Å². The van der Waals surface area contributed by atoms with Crippen molar-refractivity contribution in [3.8, 4) is 22.6 Å². The van der Waals surface area contributed by atoms with E-state index in [0.717, 1.165) is 65.6 Å². The van der Waals surface area contributed by atoms with E-state index in [1.165, 1.54) is 29.5 Å². The lowest BCUT2D eigenvalue weighted by atomic mass is 9.39. The maximum absolute atomic E-state index is 13.8. The molecule has 89 heavy (non-hydrogen) atoms. The lowest BCUT2D eigenvalue weighted by Crippen LogP contribution is -2.64. The first kappa shape index (κ1) is 62.9. The van der Waals surface area contributed by atoms with E-state index in [4.69, 9.17) is 44.2 Å². The van der Waals surface area contributed by atoms with E-state index in [1.807, 2.05) is 59.0 Å². The molecular weight excluding hydrogens is 1170 g/mol. The Morgan fingerprint density at radius 1 is 0.854 bits per heavy atom. The van der Waals surface area contributed by atoms with Crippen molar-refractivity contribution in [2.45, 2.75) is 134 Å². The average Bonchev–Trinajstić information content (AvgIpc) is 0.786. The molecule has 8 atom stereocenters. The number of carbonyl (C=O) groups is 5. The fourth-order valence-electron chi connectivity index (χ4n) is 15.1. The summed E-state index contributed by atoms with van der Waals surface area (Å²) in [5.74, 6) is -4.66. The van der Waals surface area contributed by atoms with Gasteiger partial charge in [-0.05, 0) is 122 Å². The number of aromatic nitrogens is 4. The lowest BCUT2D eigenvalue weighted by molar-refractivity contribution is -0.271. The predicted molar refractivity (Wildman–Crippen MR) is 322 cm³/mol. The van der Waals surface area contributed by atoms with Crippen LogP contribution in [0, 0.1) is 23.2 Å². The van der Waals surface area contributed by atoms with Crippen LogP contribution in [0.5, 0.6) is 11.5 Å². The molecule has 5 fully saturated rings. The normalized spacial score (nSPS) is 26.4. The number of carbonyl (C=O) groups excluding carboxylic acids is 2.